The van der Waals surface area contributed by atoms with E-state index in [1.165, 1.54) is 48.5 Å². The van der Waals surface area contributed by atoms with Crippen molar-refractivity contribution >= 4 is 45.9 Å². The first kappa shape index (κ1) is 30.1. The monoisotopic (exact) mass is 596 g/mol. The summed E-state index contributed by atoms with van der Waals surface area (Å²) in [6, 6.07) is 20.5. The normalized spacial score (nSPS) is 12.5. The molecule has 10 heteroatoms. The van der Waals surface area contributed by atoms with Gasteiger partial charge in [0, 0.05) is 0 Å². The van der Waals surface area contributed by atoms with Gasteiger partial charge in [0.25, 0.3) is 0 Å². The highest BCUT2D eigenvalue weighted by molar-refractivity contribution is 6.09. The molecule has 222 valence electrons. The Morgan fingerprint density at radius 2 is 0.955 bits per heavy atom. The summed E-state index contributed by atoms with van der Waals surface area (Å²) in [6.45, 7) is 3.52. The number of aromatic nitrogens is 2. The van der Waals surface area contributed by atoms with Crippen LogP contribution in [0.2, 0.25) is 0 Å². The number of halogens is 2. The van der Waals surface area contributed by atoms with E-state index in [0.717, 1.165) is 11.1 Å². The molecule has 8 nitrogen and oxygen atoms in total. The number of carbonyl (C=O) groups excluding carboxylic acids is 4. The molecule has 44 heavy (non-hydrogen) atoms. The van der Waals surface area contributed by atoms with E-state index in [1.807, 2.05) is 0 Å². The van der Waals surface area contributed by atoms with Crippen molar-refractivity contribution in [2.75, 3.05) is 0 Å². The minimum absolute atomic E-state index is 0.00220. The van der Waals surface area contributed by atoms with Crippen molar-refractivity contribution < 1.29 is 37.4 Å². The number of hydrogen-bond acceptors (Lipinski definition) is 8. The summed E-state index contributed by atoms with van der Waals surface area (Å²) in [7, 11) is 0. The predicted molar refractivity (Wildman–Crippen MR) is 157 cm³/mol. The average molecular weight is 597 g/mol. The number of ether oxygens (including phenoxy) is 2. The first-order valence-electron chi connectivity index (χ1n) is 13.8. The summed E-state index contributed by atoms with van der Waals surface area (Å²) in [6.07, 6.45) is -0.215. The first-order valence-corrected chi connectivity index (χ1v) is 13.8. The van der Waals surface area contributed by atoms with Gasteiger partial charge < -0.3 is 9.47 Å². The van der Waals surface area contributed by atoms with Crippen molar-refractivity contribution in [2.45, 2.75) is 38.5 Å². The standard InChI is InChI=1S/C34H26F2N2O6/c1-19(21-9-13-23(35)14-10-21)17-29(39)43-33(41)25-5-3-7-27-31(25)37-28-8-4-6-26(32(28)38-27)34(42)44-30(40)18-20(2)22-11-15-24(36)16-12-22/h3-16,19-20H,17-18H2,1-2H3. The third-order valence-corrected chi connectivity index (χ3v) is 7.17. The Morgan fingerprint density at radius 3 is 1.32 bits per heavy atom. The maximum absolute atomic E-state index is 13.2. The van der Waals surface area contributed by atoms with Gasteiger partial charge in [-0.25, -0.2) is 28.3 Å². The van der Waals surface area contributed by atoms with Crippen molar-refractivity contribution in [1.29, 1.82) is 0 Å². The average Bonchev–Trinajstić information content (AvgIpc) is 2.99. The lowest BCUT2D eigenvalue weighted by Gasteiger charge is -2.12. The molecule has 0 N–H and O–H groups in total. The lowest BCUT2D eigenvalue weighted by molar-refractivity contribution is -0.139. The quantitative estimate of drug-likeness (QED) is 0.109. The van der Waals surface area contributed by atoms with Crippen LogP contribution < -0.4 is 0 Å². The van der Waals surface area contributed by atoms with Gasteiger partial charge in [0.2, 0.25) is 0 Å². The topological polar surface area (TPSA) is 113 Å². The molecule has 1 heterocycles. The van der Waals surface area contributed by atoms with Crippen LogP contribution in [0.1, 0.15) is 70.4 Å². The van der Waals surface area contributed by atoms with Crippen LogP contribution in [0.5, 0.6) is 0 Å². The molecular formula is C34H26F2N2O6. The molecule has 0 spiro atoms. The zero-order valence-corrected chi connectivity index (χ0v) is 23.8. The molecule has 0 aliphatic carbocycles. The summed E-state index contributed by atoms with van der Waals surface area (Å²) >= 11 is 0. The summed E-state index contributed by atoms with van der Waals surface area (Å²) in [5.74, 6) is -4.79. The zero-order chi connectivity index (χ0) is 31.4. The number of benzene rings is 4. The molecule has 0 bridgehead atoms. The van der Waals surface area contributed by atoms with Gasteiger partial charge in [0.15, 0.2) is 0 Å². The van der Waals surface area contributed by atoms with Crippen molar-refractivity contribution in [2.24, 2.45) is 0 Å². The molecule has 0 saturated heterocycles. The minimum Gasteiger partial charge on any atom is -0.389 e. The highest BCUT2D eigenvalue weighted by Gasteiger charge is 2.23. The molecule has 5 rings (SSSR count). The van der Waals surface area contributed by atoms with Crippen molar-refractivity contribution in [3.8, 4) is 0 Å². The number of para-hydroxylation sites is 2. The van der Waals surface area contributed by atoms with E-state index in [0.29, 0.717) is 0 Å². The number of hydrogen-bond donors (Lipinski definition) is 0. The predicted octanol–water partition coefficient (Wildman–Crippen LogP) is 6.82. The van der Waals surface area contributed by atoms with E-state index in [9.17, 15) is 28.0 Å². The molecule has 0 radical (unpaired) electrons. The molecule has 0 saturated carbocycles. The Morgan fingerprint density at radius 1 is 0.591 bits per heavy atom. The van der Waals surface area contributed by atoms with Crippen molar-refractivity contribution in [1.82, 2.24) is 9.97 Å². The lowest BCUT2D eigenvalue weighted by Crippen LogP contribution is -2.16. The number of rotatable bonds is 8. The van der Waals surface area contributed by atoms with Gasteiger partial charge in [-0.05, 0) is 71.5 Å². The van der Waals surface area contributed by atoms with E-state index in [1.54, 1.807) is 50.2 Å². The number of carbonyl (C=O) groups is 4. The van der Waals surface area contributed by atoms with E-state index in [-0.39, 0.29) is 57.9 Å². The largest absolute Gasteiger partial charge is 0.389 e. The molecule has 0 aliphatic heterocycles. The van der Waals surface area contributed by atoms with Gasteiger partial charge in [-0.15, -0.1) is 0 Å². The van der Waals surface area contributed by atoms with Gasteiger partial charge in [-0.2, -0.15) is 0 Å². The van der Waals surface area contributed by atoms with E-state index < -0.39 is 35.5 Å². The second-order valence-electron chi connectivity index (χ2n) is 10.4. The Kier molecular flexibility index (Phi) is 8.80. The van der Waals surface area contributed by atoms with Gasteiger partial charge in [-0.1, -0.05) is 50.2 Å². The van der Waals surface area contributed by atoms with Gasteiger partial charge >= 0.3 is 23.9 Å². The van der Waals surface area contributed by atoms with Crippen LogP contribution in [0, 0.1) is 11.6 Å². The Hall–Kier alpha value is -5.38. The number of nitrogens with zero attached hydrogens (tertiary/aromatic N) is 2. The highest BCUT2D eigenvalue weighted by Crippen LogP contribution is 2.25. The third kappa shape index (κ3) is 6.81. The summed E-state index contributed by atoms with van der Waals surface area (Å²) in [5, 5.41) is 0. The van der Waals surface area contributed by atoms with Crippen molar-refractivity contribution in [3.63, 3.8) is 0 Å². The molecule has 2 atom stereocenters. The molecule has 0 amide bonds. The highest BCUT2D eigenvalue weighted by atomic mass is 19.1. The number of fused-ring (bicyclic) bond motifs is 2. The lowest BCUT2D eigenvalue weighted by atomic mass is 9.98. The van der Waals surface area contributed by atoms with E-state index >= 15 is 0 Å². The molecule has 0 fully saturated rings. The fourth-order valence-electron chi connectivity index (χ4n) is 4.77. The minimum atomic E-state index is -0.919. The van der Waals surface area contributed by atoms with Crippen LogP contribution >= 0.6 is 0 Å². The fourth-order valence-corrected chi connectivity index (χ4v) is 4.77. The van der Waals surface area contributed by atoms with Crippen LogP contribution in [0.25, 0.3) is 22.1 Å². The summed E-state index contributed by atoms with van der Waals surface area (Å²) < 4.78 is 36.6. The maximum Gasteiger partial charge on any atom is 0.348 e. The second kappa shape index (κ2) is 12.9. The summed E-state index contributed by atoms with van der Waals surface area (Å²) in [4.78, 5) is 60.1. The van der Waals surface area contributed by atoms with Gasteiger partial charge in [-0.3, -0.25) is 9.59 Å². The Labute approximate surface area is 250 Å². The van der Waals surface area contributed by atoms with Crippen LogP contribution in [-0.2, 0) is 19.1 Å². The van der Waals surface area contributed by atoms with E-state index in [2.05, 4.69) is 9.97 Å². The maximum atomic E-state index is 13.2. The SMILES string of the molecule is CC(CC(=O)OC(=O)c1cccc2nc3c(C(=O)OC(=O)CC(C)c4ccc(F)cc4)cccc3nc12)c1ccc(F)cc1. The molecule has 2 unspecified atom stereocenters. The molecule has 5 aromatic rings. The molecule has 1 aromatic heterocycles. The summed E-state index contributed by atoms with van der Waals surface area (Å²) in [5.41, 5.74) is 2.23. The van der Waals surface area contributed by atoms with Crippen LogP contribution in [0.3, 0.4) is 0 Å². The second-order valence-corrected chi connectivity index (χ2v) is 10.4. The van der Waals surface area contributed by atoms with E-state index in [4.69, 9.17) is 9.47 Å². The van der Waals surface area contributed by atoms with Crippen LogP contribution in [0.15, 0.2) is 84.9 Å². The first-order chi connectivity index (χ1) is 21.1. The number of esters is 4. The third-order valence-electron chi connectivity index (χ3n) is 7.17. The van der Waals surface area contributed by atoms with Crippen molar-refractivity contribution in [3.05, 3.63) is 119 Å². The molecule has 4 aromatic carbocycles. The molecule has 0 aliphatic rings. The Bertz CT molecular complexity index is 1750. The van der Waals surface area contributed by atoms with Crippen LogP contribution in [0.4, 0.5) is 8.78 Å². The van der Waals surface area contributed by atoms with Gasteiger partial charge in [0.05, 0.1) is 35.0 Å². The zero-order valence-electron chi connectivity index (χ0n) is 23.8. The fraction of sp³-hybridized carbons (Fsp3) is 0.176. The molecular weight excluding hydrogens is 570 g/mol. The Balaban J connectivity index is 1.32. The van der Waals surface area contributed by atoms with Gasteiger partial charge in [0.1, 0.15) is 22.7 Å². The van der Waals surface area contributed by atoms with Crippen LogP contribution in [-0.4, -0.2) is 33.8 Å². The smallest absolute Gasteiger partial charge is 0.348 e.